The number of rotatable bonds is 2. The van der Waals surface area contributed by atoms with E-state index in [1.165, 1.54) is 77.4 Å². The van der Waals surface area contributed by atoms with Gasteiger partial charge < -0.3 is 5.32 Å². The summed E-state index contributed by atoms with van der Waals surface area (Å²) in [6.07, 6.45) is 16.0. The third kappa shape index (κ3) is 2.34. The van der Waals surface area contributed by atoms with E-state index in [1.54, 1.807) is 5.57 Å². The molecule has 2 aromatic carbocycles. The Hall–Kier alpha value is -1.86. The highest BCUT2D eigenvalue weighted by Crippen LogP contribution is 2.26. The molecular formula is C23H25N. The Labute approximate surface area is 143 Å². The van der Waals surface area contributed by atoms with Crippen LogP contribution in [0, 0.1) is 0 Å². The maximum atomic E-state index is 3.66. The Kier molecular flexibility index (Phi) is 3.56. The summed E-state index contributed by atoms with van der Waals surface area (Å²) in [6, 6.07) is 10.2. The number of benzene rings is 2. The molecule has 5 rings (SSSR count). The smallest absolute Gasteiger partial charge is 0.0108 e. The lowest BCUT2D eigenvalue weighted by atomic mass is 9.87. The number of allylic oxidation sites excluding steroid dienone is 1. The molecule has 1 nitrogen and oxygen atoms in total. The van der Waals surface area contributed by atoms with Crippen LogP contribution in [0.2, 0.25) is 0 Å². The first-order valence-corrected chi connectivity index (χ1v) is 9.58. The van der Waals surface area contributed by atoms with Crippen molar-refractivity contribution in [1.82, 2.24) is 5.32 Å². The first-order chi connectivity index (χ1) is 11.9. The minimum Gasteiger partial charge on any atom is -0.314 e. The standard InChI is InChI=1S/C23H25N/c1-2-8-19-16(5-1)10-11-23-21-9-3-6-17(15-18-7-4-14-24-18)20(21)12-13-22(19)23/h6,8-13,18,24H,1-5,7,14-15H2. The highest BCUT2D eigenvalue weighted by Gasteiger charge is 2.19. The maximum Gasteiger partial charge on any atom is 0.0108 e. The molecule has 0 aromatic heterocycles. The van der Waals surface area contributed by atoms with Gasteiger partial charge in [-0.3, -0.25) is 0 Å². The van der Waals surface area contributed by atoms with Gasteiger partial charge in [0.2, 0.25) is 0 Å². The Morgan fingerprint density at radius 1 is 0.917 bits per heavy atom. The molecule has 2 aliphatic carbocycles. The van der Waals surface area contributed by atoms with E-state index in [2.05, 4.69) is 47.8 Å². The van der Waals surface area contributed by atoms with E-state index in [0.29, 0.717) is 6.04 Å². The van der Waals surface area contributed by atoms with E-state index >= 15 is 0 Å². The normalized spacial score (nSPS) is 22.3. The lowest BCUT2D eigenvalue weighted by molar-refractivity contribution is 0.621. The van der Waals surface area contributed by atoms with Crippen molar-refractivity contribution in [2.45, 2.75) is 51.0 Å². The van der Waals surface area contributed by atoms with Gasteiger partial charge in [0.1, 0.15) is 0 Å². The van der Waals surface area contributed by atoms with Crippen LogP contribution < -0.4 is 15.8 Å². The summed E-state index contributed by atoms with van der Waals surface area (Å²) in [5, 5.41) is 9.55. The summed E-state index contributed by atoms with van der Waals surface area (Å²) in [7, 11) is 0. The van der Waals surface area contributed by atoms with E-state index in [4.69, 9.17) is 0 Å². The lowest BCUT2D eigenvalue weighted by Gasteiger charge is -2.19. The summed E-state index contributed by atoms with van der Waals surface area (Å²) < 4.78 is 0. The summed E-state index contributed by atoms with van der Waals surface area (Å²) in [4.78, 5) is 0. The molecule has 0 saturated carbocycles. The fourth-order valence-corrected chi connectivity index (χ4v) is 4.81. The topological polar surface area (TPSA) is 12.0 Å². The minimum absolute atomic E-state index is 0.676. The number of fused-ring (bicyclic) bond motifs is 5. The zero-order valence-corrected chi connectivity index (χ0v) is 14.3. The van der Waals surface area contributed by atoms with Gasteiger partial charge in [-0.15, -0.1) is 0 Å². The van der Waals surface area contributed by atoms with E-state index < -0.39 is 0 Å². The van der Waals surface area contributed by atoms with Crippen LogP contribution in [0.4, 0.5) is 0 Å². The van der Waals surface area contributed by atoms with Crippen LogP contribution in [0.25, 0.3) is 28.5 Å². The van der Waals surface area contributed by atoms with Crippen molar-refractivity contribution in [2.75, 3.05) is 6.54 Å². The molecule has 0 bridgehead atoms. The van der Waals surface area contributed by atoms with Crippen molar-refractivity contribution in [3.63, 3.8) is 0 Å². The molecule has 3 aliphatic rings. The second-order valence-electron chi connectivity index (χ2n) is 7.52. The van der Waals surface area contributed by atoms with Gasteiger partial charge in [0.15, 0.2) is 0 Å². The Balaban J connectivity index is 1.65. The second-order valence-corrected chi connectivity index (χ2v) is 7.52. The molecule has 1 atom stereocenters. The molecule has 1 N–H and O–H groups in total. The molecule has 1 heteroatoms. The number of nitrogens with one attached hydrogen (secondary N) is 1. The molecule has 1 aliphatic heterocycles. The number of aryl methyl sites for hydroxylation is 1. The van der Waals surface area contributed by atoms with Crippen molar-refractivity contribution in [3.05, 3.63) is 51.9 Å². The third-order valence-electron chi connectivity index (χ3n) is 6.03. The molecule has 122 valence electrons. The lowest BCUT2D eigenvalue weighted by Crippen LogP contribution is -2.24. The van der Waals surface area contributed by atoms with E-state index in [-0.39, 0.29) is 0 Å². The molecule has 1 heterocycles. The third-order valence-corrected chi connectivity index (χ3v) is 6.03. The largest absolute Gasteiger partial charge is 0.314 e. The van der Waals surface area contributed by atoms with Gasteiger partial charge in [0.25, 0.3) is 0 Å². The van der Waals surface area contributed by atoms with Gasteiger partial charge in [-0.2, -0.15) is 0 Å². The van der Waals surface area contributed by atoms with Crippen LogP contribution >= 0.6 is 0 Å². The minimum atomic E-state index is 0.676. The zero-order chi connectivity index (χ0) is 15.9. The summed E-state index contributed by atoms with van der Waals surface area (Å²) in [5.41, 5.74) is 4.56. The molecule has 0 spiro atoms. The Bertz CT molecular complexity index is 942. The van der Waals surface area contributed by atoms with Crippen molar-refractivity contribution >= 4 is 28.5 Å². The SMILES string of the molecule is C1=C(CC2CCCN2)c2ccc3c4c(ccc3c2=CC1)CCCC=4. The first kappa shape index (κ1) is 14.5. The zero-order valence-electron chi connectivity index (χ0n) is 14.3. The predicted octanol–water partition coefficient (Wildman–Crippen LogP) is 3.67. The van der Waals surface area contributed by atoms with Crippen LogP contribution in [0.15, 0.2) is 30.3 Å². The van der Waals surface area contributed by atoms with Gasteiger partial charge in [-0.25, -0.2) is 0 Å². The average molecular weight is 315 g/mol. The van der Waals surface area contributed by atoms with Crippen molar-refractivity contribution in [3.8, 4) is 0 Å². The molecule has 1 saturated heterocycles. The van der Waals surface area contributed by atoms with Gasteiger partial charge in [0.05, 0.1) is 0 Å². The van der Waals surface area contributed by atoms with Crippen LogP contribution in [0.5, 0.6) is 0 Å². The van der Waals surface area contributed by atoms with E-state index in [9.17, 15) is 0 Å². The van der Waals surface area contributed by atoms with Gasteiger partial charge in [-0.1, -0.05) is 42.5 Å². The van der Waals surface area contributed by atoms with Crippen molar-refractivity contribution < 1.29 is 0 Å². The molecule has 0 radical (unpaired) electrons. The summed E-state index contributed by atoms with van der Waals surface area (Å²) in [5.74, 6) is 0. The summed E-state index contributed by atoms with van der Waals surface area (Å²) >= 11 is 0. The van der Waals surface area contributed by atoms with E-state index in [1.807, 2.05) is 0 Å². The van der Waals surface area contributed by atoms with Crippen molar-refractivity contribution in [2.24, 2.45) is 0 Å². The van der Waals surface area contributed by atoms with Gasteiger partial charge in [0, 0.05) is 6.04 Å². The number of hydrogen-bond donors (Lipinski definition) is 1. The molecular weight excluding hydrogens is 290 g/mol. The fraction of sp³-hybridized carbons (Fsp3) is 0.391. The average Bonchev–Trinajstić information content (AvgIpc) is 3.14. The van der Waals surface area contributed by atoms with Crippen molar-refractivity contribution in [1.29, 1.82) is 0 Å². The highest BCUT2D eigenvalue weighted by atomic mass is 14.9. The molecule has 0 amide bonds. The van der Waals surface area contributed by atoms with Crippen LogP contribution in [0.3, 0.4) is 0 Å². The predicted molar refractivity (Wildman–Crippen MR) is 103 cm³/mol. The molecule has 2 aromatic rings. The first-order valence-electron chi connectivity index (χ1n) is 9.58. The van der Waals surface area contributed by atoms with Gasteiger partial charge >= 0.3 is 0 Å². The maximum absolute atomic E-state index is 3.66. The Morgan fingerprint density at radius 2 is 1.83 bits per heavy atom. The van der Waals surface area contributed by atoms with Crippen LogP contribution in [0.1, 0.15) is 49.7 Å². The number of hydrogen-bond acceptors (Lipinski definition) is 1. The molecule has 24 heavy (non-hydrogen) atoms. The quantitative estimate of drug-likeness (QED) is 0.892. The fourth-order valence-electron chi connectivity index (χ4n) is 4.81. The molecule has 1 fully saturated rings. The van der Waals surface area contributed by atoms with E-state index in [0.717, 1.165) is 6.42 Å². The summed E-state index contributed by atoms with van der Waals surface area (Å²) in [6.45, 7) is 1.19. The monoisotopic (exact) mass is 315 g/mol. The second kappa shape index (κ2) is 5.89. The van der Waals surface area contributed by atoms with Crippen LogP contribution in [-0.2, 0) is 6.42 Å². The molecule has 1 unspecified atom stereocenters. The van der Waals surface area contributed by atoms with Gasteiger partial charge in [-0.05, 0) is 89.4 Å². The highest BCUT2D eigenvalue weighted by molar-refractivity contribution is 5.90. The Morgan fingerprint density at radius 3 is 2.75 bits per heavy atom. The van der Waals surface area contributed by atoms with Crippen LogP contribution in [-0.4, -0.2) is 12.6 Å².